The van der Waals surface area contributed by atoms with Gasteiger partial charge in [0.05, 0.1) is 49.4 Å². The number of nitrogens with one attached hydrogen (secondary N) is 2. The maximum Gasteiger partial charge on any atom is 0.309 e. The second-order valence-electron chi connectivity index (χ2n) is 11.2. The minimum atomic E-state index is -0.850. The lowest BCUT2D eigenvalue weighted by atomic mass is 9.75. The van der Waals surface area contributed by atoms with Gasteiger partial charge in [-0.1, -0.05) is 20.8 Å². The van der Waals surface area contributed by atoms with Crippen LogP contribution in [0.25, 0.3) is 0 Å². The highest BCUT2D eigenvalue weighted by Crippen LogP contribution is 2.38. The van der Waals surface area contributed by atoms with Crippen LogP contribution in [0, 0.1) is 22.6 Å². The van der Waals surface area contributed by atoms with Crippen LogP contribution in [-0.4, -0.2) is 61.9 Å². The smallest absolute Gasteiger partial charge is 0.309 e. The first-order valence-electron chi connectivity index (χ1n) is 12.3. The summed E-state index contributed by atoms with van der Waals surface area (Å²) in [5.74, 6) is -2.89. The van der Waals surface area contributed by atoms with E-state index >= 15 is 0 Å². The number of methoxy groups -OCH3 is 1. The molecule has 0 aromatic heterocycles. The van der Waals surface area contributed by atoms with Gasteiger partial charge in [-0.3, -0.25) is 14.4 Å². The number of carbonyl (C=O) groups is 3. The third-order valence-electron chi connectivity index (χ3n) is 6.87. The molecular formula is C26H37FN2O7. The lowest BCUT2D eigenvalue weighted by Gasteiger charge is -2.34. The van der Waals surface area contributed by atoms with Crippen LogP contribution in [0.1, 0.15) is 63.7 Å². The standard InChI is InChI=1S/C26H37FN2O7/c1-25(2,3)14-28-22(30)17-12-35-13-19(17)29-23(31)16-10-21(18(27)11-20(16)34-5)36-15-6-8-26(4,9-7-15)24(32)33/h10-11,15,17,19H,6-9,12-14H2,1-5H3,(H,28,30)(H,29,31)(H,32,33)/t15-,17-,19+,26+/m1/s1. The second-order valence-corrected chi connectivity index (χ2v) is 11.2. The molecule has 1 saturated carbocycles. The molecule has 36 heavy (non-hydrogen) atoms. The zero-order valence-corrected chi connectivity index (χ0v) is 21.6. The summed E-state index contributed by atoms with van der Waals surface area (Å²) in [5.41, 5.74) is -0.834. The lowest BCUT2D eigenvalue weighted by molar-refractivity contribution is -0.150. The molecule has 0 bridgehead atoms. The van der Waals surface area contributed by atoms with Gasteiger partial charge in [-0.25, -0.2) is 4.39 Å². The molecule has 2 amide bonds. The van der Waals surface area contributed by atoms with Gasteiger partial charge in [-0.05, 0) is 44.1 Å². The maximum atomic E-state index is 14.8. The Balaban J connectivity index is 1.70. The summed E-state index contributed by atoms with van der Waals surface area (Å²) in [4.78, 5) is 37.3. The monoisotopic (exact) mass is 508 g/mol. The van der Waals surface area contributed by atoms with Crippen molar-refractivity contribution < 1.29 is 38.1 Å². The minimum absolute atomic E-state index is 0.0343. The Morgan fingerprint density at radius 2 is 1.83 bits per heavy atom. The first kappa shape index (κ1) is 27.7. The molecule has 200 valence electrons. The predicted octanol–water partition coefficient (Wildman–Crippen LogP) is 3.15. The van der Waals surface area contributed by atoms with Gasteiger partial charge in [0.2, 0.25) is 5.91 Å². The van der Waals surface area contributed by atoms with E-state index < -0.39 is 35.1 Å². The molecule has 3 rings (SSSR count). The molecule has 1 aliphatic carbocycles. The van der Waals surface area contributed by atoms with Gasteiger partial charge >= 0.3 is 5.97 Å². The van der Waals surface area contributed by atoms with E-state index in [1.807, 2.05) is 20.8 Å². The van der Waals surface area contributed by atoms with Gasteiger partial charge in [0, 0.05) is 12.6 Å². The third kappa shape index (κ3) is 6.66. The lowest BCUT2D eigenvalue weighted by Crippen LogP contribution is -2.47. The predicted molar refractivity (Wildman–Crippen MR) is 130 cm³/mol. The van der Waals surface area contributed by atoms with Gasteiger partial charge in [-0.2, -0.15) is 0 Å². The summed E-state index contributed by atoms with van der Waals surface area (Å²) in [6.07, 6.45) is 1.38. The van der Waals surface area contributed by atoms with E-state index in [1.165, 1.54) is 13.2 Å². The van der Waals surface area contributed by atoms with E-state index in [1.54, 1.807) is 6.92 Å². The Hall–Kier alpha value is -2.88. The molecule has 2 aliphatic rings. The van der Waals surface area contributed by atoms with Crippen molar-refractivity contribution in [2.45, 2.75) is 65.5 Å². The molecule has 1 heterocycles. The van der Waals surface area contributed by atoms with Crippen LogP contribution in [0.4, 0.5) is 4.39 Å². The second kappa shape index (κ2) is 11.0. The van der Waals surface area contributed by atoms with Gasteiger partial charge < -0.3 is 30.0 Å². The van der Waals surface area contributed by atoms with Crippen molar-refractivity contribution in [3.63, 3.8) is 0 Å². The molecule has 0 spiro atoms. The highest BCUT2D eigenvalue weighted by atomic mass is 19.1. The van der Waals surface area contributed by atoms with Crippen molar-refractivity contribution in [1.29, 1.82) is 0 Å². The topological polar surface area (TPSA) is 123 Å². The van der Waals surface area contributed by atoms with Crippen molar-refractivity contribution in [2.24, 2.45) is 16.7 Å². The summed E-state index contributed by atoms with van der Waals surface area (Å²) in [7, 11) is 1.33. The van der Waals surface area contributed by atoms with E-state index in [0.29, 0.717) is 32.2 Å². The van der Waals surface area contributed by atoms with Crippen LogP contribution >= 0.6 is 0 Å². The fraction of sp³-hybridized carbons (Fsp3) is 0.654. The molecule has 1 saturated heterocycles. The number of carboxylic acids is 1. The largest absolute Gasteiger partial charge is 0.496 e. The van der Waals surface area contributed by atoms with Crippen LogP contribution in [0.3, 0.4) is 0 Å². The number of carboxylic acid groups (broad SMARTS) is 1. The van der Waals surface area contributed by atoms with Gasteiger partial charge in [0.15, 0.2) is 11.6 Å². The van der Waals surface area contributed by atoms with E-state index in [0.717, 1.165) is 6.07 Å². The quantitative estimate of drug-likeness (QED) is 0.493. The fourth-order valence-corrected chi connectivity index (χ4v) is 4.40. The van der Waals surface area contributed by atoms with Crippen molar-refractivity contribution >= 4 is 17.8 Å². The molecule has 0 radical (unpaired) electrons. The van der Waals surface area contributed by atoms with E-state index in [9.17, 15) is 23.9 Å². The Bertz CT molecular complexity index is 983. The molecule has 1 aromatic carbocycles. The Kier molecular flexibility index (Phi) is 8.48. The zero-order chi connectivity index (χ0) is 26.7. The highest BCUT2D eigenvalue weighted by Gasteiger charge is 2.39. The zero-order valence-electron chi connectivity index (χ0n) is 21.6. The summed E-state index contributed by atoms with van der Waals surface area (Å²) >= 11 is 0. The molecule has 2 fully saturated rings. The highest BCUT2D eigenvalue weighted by molar-refractivity contribution is 5.98. The Morgan fingerprint density at radius 1 is 1.17 bits per heavy atom. The Labute approximate surface area is 211 Å². The van der Waals surface area contributed by atoms with Crippen LogP contribution in [0.2, 0.25) is 0 Å². The van der Waals surface area contributed by atoms with E-state index in [2.05, 4.69) is 10.6 Å². The Morgan fingerprint density at radius 3 is 2.42 bits per heavy atom. The first-order chi connectivity index (χ1) is 16.8. The van der Waals surface area contributed by atoms with Gasteiger partial charge in [0.25, 0.3) is 5.91 Å². The molecule has 3 N–H and O–H groups in total. The van der Waals surface area contributed by atoms with Crippen LogP contribution in [-0.2, 0) is 14.3 Å². The van der Waals surface area contributed by atoms with Gasteiger partial charge in [0.1, 0.15) is 5.75 Å². The van der Waals surface area contributed by atoms with Crippen molar-refractivity contribution in [3.05, 3.63) is 23.5 Å². The van der Waals surface area contributed by atoms with Crippen LogP contribution in [0.5, 0.6) is 11.5 Å². The summed E-state index contributed by atoms with van der Waals surface area (Å²) in [6, 6.07) is 1.83. The number of ether oxygens (including phenoxy) is 3. The number of rotatable bonds is 8. The normalized spacial score (nSPS) is 26.2. The minimum Gasteiger partial charge on any atom is -0.496 e. The fourth-order valence-electron chi connectivity index (χ4n) is 4.40. The van der Waals surface area contributed by atoms with Crippen LogP contribution in [0.15, 0.2) is 12.1 Å². The first-order valence-corrected chi connectivity index (χ1v) is 12.3. The average molecular weight is 509 g/mol. The average Bonchev–Trinajstić information content (AvgIpc) is 3.27. The SMILES string of the molecule is COc1cc(F)c(O[C@H]2CC[C@@](C)(C(=O)O)CC2)cc1C(=O)N[C@H]1COC[C@H]1C(=O)NCC(C)(C)C. The molecule has 1 aromatic rings. The number of aliphatic carboxylic acids is 1. The number of hydrogen-bond acceptors (Lipinski definition) is 6. The number of amides is 2. The molecule has 2 atom stereocenters. The van der Waals surface area contributed by atoms with Crippen LogP contribution < -0.4 is 20.1 Å². The molecule has 1 aliphatic heterocycles. The van der Waals surface area contributed by atoms with Crippen molar-refractivity contribution in [2.75, 3.05) is 26.9 Å². The van der Waals surface area contributed by atoms with E-state index in [4.69, 9.17) is 14.2 Å². The number of carbonyl (C=O) groups excluding carboxylic acids is 2. The molecular weight excluding hydrogens is 471 g/mol. The molecule has 10 heteroatoms. The van der Waals surface area contributed by atoms with Crippen molar-refractivity contribution in [3.8, 4) is 11.5 Å². The number of benzene rings is 1. The molecule has 0 unspecified atom stereocenters. The number of halogens is 1. The van der Waals surface area contributed by atoms with Crippen molar-refractivity contribution in [1.82, 2.24) is 10.6 Å². The summed E-state index contributed by atoms with van der Waals surface area (Å²) < 4.78 is 31.3. The van der Waals surface area contributed by atoms with E-state index in [-0.39, 0.29) is 47.7 Å². The van der Waals surface area contributed by atoms with Gasteiger partial charge in [-0.15, -0.1) is 0 Å². The molecule has 9 nitrogen and oxygen atoms in total. The summed E-state index contributed by atoms with van der Waals surface area (Å²) in [6.45, 7) is 8.58. The summed E-state index contributed by atoms with van der Waals surface area (Å²) in [5, 5.41) is 15.1. The maximum absolute atomic E-state index is 14.8. The third-order valence-corrected chi connectivity index (χ3v) is 6.87. The number of hydrogen-bond donors (Lipinski definition) is 3.